The fourth-order valence-corrected chi connectivity index (χ4v) is 6.27. The molecule has 18 heavy (non-hydrogen) atoms. The molecule has 0 aromatic rings. The first-order chi connectivity index (χ1) is 8.41. The van der Waals surface area contributed by atoms with Crippen LogP contribution in [0.3, 0.4) is 0 Å². The van der Waals surface area contributed by atoms with Crippen LogP contribution in [-0.4, -0.2) is 11.9 Å². The van der Waals surface area contributed by atoms with E-state index in [-0.39, 0.29) is 5.41 Å². The fraction of sp³-hybridized carbons (Fsp3) is 0.938. The standard InChI is InChI=1S/C16H25NO/c1-14-5-11-6-15(2,8-14)10-16(7-11,9-14)13(18)17-12-3-4-12/h11-12H,3-10H2,1-2H3,(H,17,18)/t11?,14-,15-,16?/m1/s1. The van der Waals surface area contributed by atoms with Crippen LogP contribution in [0.5, 0.6) is 0 Å². The minimum atomic E-state index is 0.00546. The van der Waals surface area contributed by atoms with Gasteiger partial charge in [-0.1, -0.05) is 13.8 Å². The van der Waals surface area contributed by atoms with Crippen molar-refractivity contribution in [1.29, 1.82) is 0 Å². The van der Waals surface area contributed by atoms with E-state index in [1.54, 1.807) is 0 Å². The van der Waals surface area contributed by atoms with Crippen molar-refractivity contribution in [3.63, 3.8) is 0 Å². The second-order valence-electron chi connectivity index (χ2n) is 8.66. The Morgan fingerprint density at radius 1 is 1.00 bits per heavy atom. The summed E-state index contributed by atoms with van der Waals surface area (Å²) in [5.41, 5.74) is 0.912. The van der Waals surface area contributed by atoms with Crippen molar-refractivity contribution >= 4 is 5.91 Å². The van der Waals surface area contributed by atoms with E-state index in [4.69, 9.17) is 0 Å². The summed E-state index contributed by atoms with van der Waals surface area (Å²) < 4.78 is 0. The summed E-state index contributed by atoms with van der Waals surface area (Å²) in [6.07, 6.45) is 10.0. The molecule has 0 unspecified atom stereocenters. The van der Waals surface area contributed by atoms with Crippen molar-refractivity contribution in [3.05, 3.63) is 0 Å². The highest BCUT2D eigenvalue weighted by atomic mass is 16.2. The summed E-state index contributed by atoms with van der Waals surface area (Å²) in [4.78, 5) is 12.7. The highest BCUT2D eigenvalue weighted by Crippen LogP contribution is 2.69. The predicted octanol–water partition coefficient (Wildman–Crippen LogP) is 3.26. The minimum absolute atomic E-state index is 0.00546. The molecule has 5 fully saturated rings. The highest BCUT2D eigenvalue weighted by molar-refractivity contribution is 5.84. The van der Waals surface area contributed by atoms with Gasteiger partial charge in [-0.15, -0.1) is 0 Å². The maximum atomic E-state index is 12.7. The molecule has 0 aromatic carbocycles. The Bertz CT molecular complexity index is 393. The molecule has 2 atom stereocenters. The van der Waals surface area contributed by atoms with Crippen molar-refractivity contribution in [2.45, 2.75) is 71.3 Å². The zero-order chi connectivity index (χ0) is 12.6. The third kappa shape index (κ3) is 1.57. The Balaban J connectivity index is 1.66. The van der Waals surface area contributed by atoms with Gasteiger partial charge < -0.3 is 5.32 Å². The van der Waals surface area contributed by atoms with Crippen molar-refractivity contribution in [3.8, 4) is 0 Å². The van der Waals surface area contributed by atoms with Crippen LogP contribution >= 0.6 is 0 Å². The molecule has 4 bridgehead atoms. The number of amides is 1. The summed E-state index contributed by atoms with van der Waals surface area (Å²) in [7, 11) is 0. The van der Waals surface area contributed by atoms with Gasteiger partial charge in [-0.05, 0) is 68.1 Å². The summed E-state index contributed by atoms with van der Waals surface area (Å²) in [5.74, 6) is 1.23. The summed E-state index contributed by atoms with van der Waals surface area (Å²) in [6.45, 7) is 4.88. The van der Waals surface area contributed by atoms with E-state index in [1.165, 1.54) is 38.5 Å². The first kappa shape index (κ1) is 11.3. The smallest absolute Gasteiger partial charge is 0.226 e. The van der Waals surface area contributed by atoms with Crippen LogP contribution in [0.2, 0.25) is 0 Å². The molecule has 100 valence electrons. The van der Waals surface area contributed by atoms with E-state index in [2.05, 4.69) is 19.2 Å². The maximum absolute atomic E-state index is 12.7. The van der Waals surface area contributed by atoms with E-state index in [9.17, 15) is 4.79 Å². The van der Waals surface area contributed by atoms with E-state index in [1.807, 2.05) is 0 Å². The molecule has 2 heteroatoms. The van der Waals surface area contributed by atoms with Gasteiger partial charge in [0.15, 0.2) is 0 Å². The molecule has 1 N–H and O–H groups in total. The molecule has 5 saturated carbocycles. The average molecular weight is 247 g/mol. The monoisotopic (exact) mass is 247 g/mol. The molecule has 0 spiro atoms. The second-order valence-corrected chi connectivity index (χ2v) is 8.66. The Morgan fingerprint density at radius 2 is 1.61 bits per heavy atom. The number of hydrogen-bond donors (Lipinski definition) is 1. The van der Waals surface area contributed by atoms with Crippen LogP contribution in [0.15, 0.2) is 0 Å². The van der Waals surface area contributed by atoms with Crippen LogP contribution < -0.4 is 5.32 Å². The summed E-state index contributed by atoms with van der Waals surface area (Å²) in [6, 6.07) is 0.520. The second kappa shape index (κ2) is 3.13. The molecular weight excluding hydrogens is 222 g/mol. The van der Waals surface area contributed by atoms with Crippen molar-refractivity contribution < 1.29 is 4.79 Å². The van der Waals surface area contributed by atoms with Gasteiger partial charge in [-0.2, -0.15) is 0 Å². The number of carbonyl (C=O) groups excluding carboxylic acids is 1. The molecule has 2 nitrogen and oxygen atoms in total. The maximum Gasteiger partial charge on any atom is 0.226 e. The van der Waals surface area contributed by atoms with Gasteiger partial charge in [0, 0.05) is 6.04 Å². The Hall–Kier alpha value is -0.530. The molecule has 5 aliphatic rings. The van der Waals surface area contributed by atoms with Gasteiger partial charge in [0.05, 0.1) is 5.41 Å². The largest absolute Gasteiger partial charge is 0.353 e. The highest BCUT2D eigenvalue weighted by Gasteiger charge is 2.62. The summed E-state index contributed by atoms with van der Waals surface area (Å²) >= 11 is 0. The Morgan fingerprint density at radius 3 is 2.11 bits per heavy atom. The van der Waals surface area contributed by atoms with Gasteiger partial charge in [0.1, 0.15) is 0 Å². The van der Waals surface area contributed by atoms with E-state index >= 15 is 0 Å². The quantitative estimate of drug-likeness (QED) is 0.797. The van der Waals surface area contributed by atoms with Crippen LogP contribution in [0.1, 0.15) is 65.2 Å². The van der Waals surface area contributed by atoms with Gasteiger partial charge >= 0.3 is 0 Å². The number of rotatable bonds is 2. The summed E-state index contributed by atoms with van der Waals surface area (Å²) in [5, 5.41) is 3.31. The molecule has 0 aromatic heterocycles. The molecule has 0 heterocycles. The van der Waals surface area contributed by atoms with Gasteiger partial charge in [-0.25, -0.2) is 0 Å². The van der Waals surface area contributed by atoms with Crippen molar-refractivity contribution in [1.82, 2.24) is 5.32 Å². The molecule has 1 amide bonds. The average Bonchev–Trinajstić information content (AvgIpc) is 2.95. The molecular formula is C16H25NO. The van der Waals surface area contributed by atoms with Crippen LogP contribution in [-0.2, 0) is 4.79 Å². The van der Waals surface area contributed by atoms with E-state index < -0.39 is 0 Å². The van der Waals surface area contributed by atoms with Gasteiger partial charge in [0.25, 0.3) is 0 Å². The fourth-order valence-electron chi connectivity index (χ4n) is 6.27. The van der Waals surface area contributed by atoms with Crippen LogP contribution in [0.4, 0.5) is 0 Å². The Kier molecular flexibility index (Phi) is 1.97. The first-order valence-corrected chi connectivity index (χ1v) is 7.72. The predicted molar refractivity (Wildman–Crippen MR) is 71.0 cm³/mol. The van der Waals surface area contributed by atoms with Crippen LogP contribution in [0.25, 0.3) is 0 Å². The molecule has 0 aliphatic heterocycles. The first-order valence-electron chi connectivity index (χ1n) is 7.72. The molecule has 5 rings (SSSR count). The lowest BCUT2D eigenvalue weighted by atomic mass is 9.40. The lowest BCUT2D eigenvalue weighted by Gasteiger charge is -2.64. The number of carbonyl (C=O) groups is 1. The molecule has 0 radical (unpaired) electrons. The third-order valence-corrected chi connectivity index (χ3v) is 6.02. The Labute approximate surface area is 110 Å². The minimum Gasteiger partial charge on any atom is -0.353 e. The van der Waals surface area contributed by atoms with E-state index in [0.717, 1.165) is 18.8 Å². The van der Waals surface area contributed by atoms with E-state index in [0.29, 0.717) is 22.8 Å². The van der Waals surface area contributed by atoms with Crippen LogP contribution in [0, 0.1) is 22.2 Å². The lowest BCUT2D eigenvalue weighted by molar-refractivity contribution is -0.170. The third-order valence-electron chi connectivity index (χ3n) is 6.02. The normalized spacial score (nSPS) is 53.6. The number of nitrogens with one attached hydrogen (secondary N) is 1. The van der Waals surface area contributed by atoms with Crippen molar-refractivity contribution in [2.75, 3.05) is 0 Å². The zero-order valence-corrected chi connectivity index (χ0v) is 11.7. The van der Waals surface area contributed by atoms with Gasteiger partial charge in [0.2, 0.25) is 5.91 Å². The SMILES string of the molecule is C[C@]12CC3CC(C(=O)NC4CC4)(C1)C[C@](C)(C3)C2. The topological polar surface area (TPSA) is 29.1 Å². The van der Waals surface area contributed by atoms with Crippen molar-refractivity contribution in [2.24, 2.45) is 22.2 Å². The lowest BCUT2D eigenvalue weighted by Crippen LogP contribution is -2.60. The molecule has 5 aliphatic carbocycles. The van der Waals surface area contributed by atoms with Gasteiger partial charge in [-0.3, -0.25) is 4.79 Å². The zero-order valence-electron chi connectivity index (χ0n) is 11.7. The number of hydrogen-bond acceptors (Lipinski definition) is 1. The molecule has 0 saturated heterocycles.